The van der Waals surface area contributed by atoms with E-state index < -0.39 is 5.97 Å². The van der Waals surface area contributed by atoms with Crippen molar-refractivity contribution in [1.29, 1.82) is 0 Å². The van der Waals surface area contributed by atoms with Gasteiger partial charge in [0.1, 0.15) is 16.5 Å². The van der Waals surface area contributed by atoms with E-state index in [1.165, 1.54) is 6.20 Å². The smallest absolute Gasteiger partial charge is 0.342 e. The van der Waals surface area contributed by atoms with Gasteiger partial charge in [0.05, 0.1) is 26.4 Å². The molecule has 0 aliphatic carbocycles. The van der Waals surface area contributed by atoms with E-state index >= 15 is 0 Å². The molecule has 0 radical (unpaired) electrons. The van der Waals surface area contributed by atoms with E-state index in [4.69, 9.17) is 25.8 Å². The molecule has 1 aromatic rings. The van der Waals surface area contributed by atoms with E-state index in [0.29, 0.717) is 32.1 Å². The summed E-state index contributed by atoms with van der Waals surface area (Å²) in [7, 11) is 1.61. The Morgan fingerprint density at radius 3 is 2.79 bits per heavy atom. The molecule has 1 rings (SSSR count). The van der Waals surface area contributed by atoms with Gasteiger partial charge in [0.15, 0.2) is 0 Å². The van der Waals surface area contributed by atoms with E-state index in [1.807, 2.05) is 0 Å². The van der Waals surface area contributed by atoms with Gasteiger partial charge in [-0.15, -0.1) is 0 Å². The second kappa shape index (κ2) is 8.79. The highest BCUT2D eigenvalue weighted by Gasteiger charge is 2.14. The van der Waals surface area contributed by atoms with Gasteiger partial charge in [-0.05, 0) is 6.92 Å². The predicted molar refractivity (Wildman–Crippen MR) is 69.4 cm³/mol. The number of methoxy groups -OCH3 is 1. The Balaban J connectivity index is 2.49. The van der Waals surface area contributed by atoms with Crippen molar-refractivity contribution in [2.24, 2.45) is 0 Å². The molecule has 0 bridgehead atoms. The van der Waals surface area contributed by atoms with E-state index in [2.05, 4.69) is 9.97 Å². The molecule has 0 atom stereocenters. The van der Waals surface area contributed by atoms with Crippen LogP contribution < -0.4 is 0 Å². The molecule has 19 heavy (non-hydrogen) atoms. The van der Waals surface area contributed by atoms with Crippen LogP contribution in [-0.2, 0) is 20.6 Å². The van der Waals surface area contributed by atoms with Crippen LogP contribution in [0.3, 0.4) is 0 Å². The average Bonchev–Trinajstić information content (AvgIpc) is 2.39. The van der Waals surface area contributed by atoms with Crippen molar-refractivity contribution in [2.75, 3.05) is 33.5 Å². The SMILES string of the molecule is CCOC(=O)c1cnc(CCOCCOC)nc1Cl. The van der Waals surface area contributed by atoms with Crippen molar-refractivity contribution in [1.82, 2.24) is 9.97 Å². The van der Waals surface area contributed by atoms with Gasteiger partial charge in [-0.3, -0.25) is 0 Å². The van der Waals surface area contributed by atoms with Gasteiger partial charge in [-0.1, -0.05) is 11.6 Å². The fourth-order valence-corrected chi connectivity index (χ4v) is 1.49. The summed E-state index contributed by atoms with van der Waals surface area (Å²) in [5, 5.41) is 0.0975. The molecule has 7 heteroatoms. The Morgan fingerprint density at radius 1 is 1.37 bits per heavy atom. The highest BCUT2D eigenvalue weighted by atomic mass is 35.5. The first-order valence-corrected chi connectivity index (χ1v) is 6.32. The van der Waals surface area contributed by atoms with Gasteiger partial charge in [0, 0.05) is 19.7 Å². The van der Waals surface area contributed by atoms with Crippen molar-refractivity contribution < 1.29 is 19.0 Å². The van der Waals surface area contributed by atoms with Crippen LogP contribution >= 0.6 is 11.6 Å². The molecule has 6 nitrogen and oxygen atoms in total. The second-order valence-electron chi connectivity index (χ2n) is 3.57. The average molecular weight is 289 g/mol. The zero-order valence-corrected chi connectivity index (χ0v) is 11.8. The largest absolute Gasteiger partial charge is 0.462 e. The summed E-state index contributed by atoms with van der Waals surface area (Å²) >= 11 is 5.91. The summed E-state index contributed by atoms with van der Waals surface area (Å²) in [5.41, 5.74) is 0.174. The Labute approximate surface area is 117 Å². The van der Waals surface area contributed by atoms with Crippen LogP contribution in [0.5, 0.6) is 0 Å². The molecule has 0 fully saturated rings. The Kier molecular flexibility index (Phi) is 7.32. The number of nitrogens with zero attached hydrogens (tertiary/aromatic N) is 2. The standard InChI is InChI=1S/C12H17ClN2O4/c1-3-19-12(16)9-8-14-10(15-11(9)13)4-5-18-7-6-17-2/h8H,3-7H2,1-2H3. The fourth-order valence-electron chi connectivity index (χ4n) is 1.27. The topological polar surface area (TPSA) is 70.5 Å². The van der Waals surface area contributed by atoms with Gasteiger partial charge < -0.3 is 14.2 Å². The Morgan fingerprint density at radius 2 is 2.16 bits per heavy atom. The lowest BCUT2D eigenvalue weighted by molar-refractivity contribution is 0.0525. The van der Waals surface area contributed by atoms with Crippen LogP contribution in [0.1, 0.15) is 23.1 Å². The van der Waals surface area contributed by atoms with Crippen LogP contribution in [0.25, 0.3) is 0 Å². The number of carbonyl (C=O) groups excluding carboxylic acids is 1. The molecule has 0 amide bonds. The maximum Gasteiger partial charge on any atom is 0.342 e. The van der Waals surface area contributed by atoms with Crippen LogP contribution in [0.15, 0.2) is 6.20 Å². The molecular weight excluding hydrogens is 272 g/mol. The third-order valence-corrected chi connectivity index (χ3v) is 2.48. The molecule has 106 valence electrons. The molecule has 0 aliphatic rings. The molecule has 1 aromatic heterocycles. The third-order valence-electron chi connectivity index (χ3n) is 2.19. The molecule has 0 aliphatic heterocycles. The van der Waals surface area contributed by atoms with Gasteiger partial charge in [0.25, 0.3) is 0 Å². The maximum atomic E-state index is 11.5. The highest BCUT2D eigenvalue weighted by molar-refractivity contribution is 6.32. The van der Waals surface area contributed by atoms with Gasteiger partial charge >= 0.3 is 5.97 Å². The number of hydrogen-bond donors (Lipinski definition) is 0. The van der Waals surface area contributed by atoms with Crippen LogP contribution in [-0.4, -0.2) is 49.5 Å². The van der Waals surface area contributed by atoms with Crippen LogP contribution in [0, 0.1) is 0 Å². The number of aromatic nitrogens is 2. The number of esters is 1. The molecular formula is C12H17ClN2O4. The second-order valence-corrected chi connectivity index (χ2v) is 3.92. The van der Waals surface area contributed by atoms with Crippen molar-refractivity contribution in [3.63, 3.8) is 0 Å². The van der Waals surface area contributed by atoms with E-state index in [1.54, 1.807) is 14.0 Å². The lowest BCUT2D eigenvalue weighted by Gasteiger charge is -2.06. The first-order valence-electron chi connectivity index (χ1n) is 5.94. The minimum absolute atomic E-state index is 0.0975. The quantitative estimate of drug-likeness (QED) is 0.410. The number of rotatable bonds is 8. The molecule has 0 unspecified atom stereocenters. The van der Waals surface area contributed by atoms with Crippen LogP contribution in [0.4, 0.5) is 0 Å². The minimum Gasteiger partial charge on any atom is -0.462 e. The number of hydrogen-bond acceptors (Lipinski definition) is 6. The first kappa shape index (κ1) is 15.8. The summed E-state index contributed by atoms with van der Waals surface area (Å²) in [6.45, 7) is 3.54. The van der Waals surface area contributed by atoms with Crippen molar-refractivity contribution in [3.05, 3.63) is 22.7 Å². The van der Waals surface area contributed by atoms with Crippen LogP contribution in [0.2, 0.25) is 5.15 Å². The van der Waals surface area contributed by atoms with Crippen molar-refractivity contribution in [2.45, 2.75) is 13.3 Å². The number of ether oxygens (including phenoxy) is 3. The summed E-state index contributed by atoms with van der Waals surface area (Å²) < 4.78 is 15.0. The normalized spacial score (nSPS) is 10.5. The zero-order valence-electron chi connectivity index (χ0n) is 11.0. The first-order chi connectivity index (χ1) is 9.19. The molecule has 0 saturated heterocycles. The molecule has 0 spiro atoms. The zero-order chi connectivity index (χ0) is 14.1. The molecule has 0 N–H and O–H groups in total. The van der Waals surface area contributed by atoms with E-state index in [9.17, 15) is 4.79 Å². The maximum absolute atomic E-state index is 11.5. The fraction of sp³-hybridized carbons (Fsp3) is 0.583. The summed E-state index contributed by atoms with van der Waals surface area (Å²) in [6.07, 6.45) is 1.89. The summed E-state index contributed by atoms with van der Waals surface area (Å²) in [4.78, 5) is 19.6. The van der Waals surface area contributed by atoms with Gasteiger partial charge in [0.2, 0.25) is 0 Å². The molecule has 0 saturated carbocycles. The lowest BCUT2D eigenvalue weighted by atomic mass is 10.3. The van der Waals surface area contributed by atoms with Crippen molar-refractivity contribution in [3.8, 4) is 0 Å². The summed E-state index contributed by atoms with van der Waals surface area (Å²) in [5.74, 6) is 0.00543. The van der Waals surface area contributed by atoms with Gasteiger partial charge in [-0.2, -0.15) is 0 Å². The molecule has 1 heterocycles. The lowest BCUT2D eigenvalue weighted by Crippen LogP contribution is -2.10. The van der Waals surface area contributed by atoms with Crippen molar-refractivity contribution >= 4 is 17.6 Å². The summed E-state index contributed by atoms with van der Waals surface area (Å²) in [6, 6.07) is 0. The minimum atomic E-state index is -0.518. The Bertz CT molecular complexity index is 415. The predicted octanol–water partition coefficient (Wildman–Crippen LogP) is 1.51. The number of carbonyl (C=O) groups is 1. The molecule has 0 aromatic carbocycles. The van der Waals surface area contributed by atoms with Gasteiger partial charge in [-0.25, -0.2) is 14.8 Å². The monoisotopic (exact) mass is 288 g/mol. The Hall–Kier alpha value is -1.24. The number of halogens is 1. The van der Waals surface area contributed by atoms with E-state index in [-0.39, 0.29) is 17.3 Å². The highest BCUT2D eigenvalue weighted by Crippen LogP contribution is 2.13. The van der Waals surface area contributed by atoms with E-state index in [0.717, 1.165) is 0 Å². The third kappa shape index (κ3) is 5.50.